The molecule has 1 saturated heterocycles. The third-order valence-corrected chi connectivity index (χ3v) is 4.89. The zero-order valence-corrected chi connectivity index (χ0v) is 16.4. The van der Waals surface area contributed by atoms with E-state index in [0.717, 1.165) is 5.56 Å². The molecular formula is C22H25NO4. The van der Waals surface area contributed by atoms with Gasteiger partial charge in [0.2, 0.25) is 5.88 Å². The summed E-state index contributed by atoms with van der Waals surface area (Å²) in [4.78, 5) is 30.3. The van der Waals surface area contributed by atoms with Gasteiger partial charge in [0, 0.05) is 12.3 Å². The van der Waals surface area contributed by atoms with Crippen LogP contribution < -0.4 is 4.74 Å². The van der Waals surface area contributed by atoms with Crippen molar-refractivity contribution in [3.8, 4) is 11.6 Å². The lowest BCUT2D eigenvalue weighted by Gasteiger charge is -2.43. The molecule has 142 valence electrons. The molecule has 5 heteroatoms. The zero-order valence-electron chi connectivity index (χ0n) is 16.4. The Kier molecular flexibility index (Phi) is 4.91. The van der Waals surface area contributed by atoms with Crippen molar-refractivity contribution in [1.82, 2.24) is 4.98 Å². The quantitative estimate of drug-likeness (QED) is 0.756. The Labute approximate surface area is 159 Å². The molecule has 5 nitrogen and oxygen atoms in total. The van der Waals surface area contributed by atoms with Gasteiger partial charge in [0.25, 0.3) is 0 Å². The number of carbonyl (C=O) groups excluding carboxylic acids is 2. The second kappa shape index (κ2) is 6.89. The first kappa shape index (κ1) is 19.2. The molecule has 1 aliphatic rings. The van der Waals surface area contributed by atoms with E-state index in [0.29, 0.717) is 23.6 Å². The van der Waals surface area contributed by atoms with Gasteiger partial charge >= 0.3 is 0 Å². The molecule has 1 aromatic carbocycles. The molecule has 0 saturated carbocycles. The average molecular weight is 367 g/mol. The SMILES string of the molecule is CCc1ccc(Oc2ccccn2)cc1C1C(=O)C(C)(C)OC(C)(C)C1=O. The first-order valence-corrected chi connectivity index (χ1v) is 9.16. The number of hydrogen-bond acceptors (Lipinski definition) is 5. The van der Waals surface area contributed by atoms with Crippen LogP contribution in [0.5, 0.6) is 11.6 Å². The van der Waals surface area contributed by atoms with E-state index in [9.17, 15) is 9.59 Å². The number of Topliss-reactive ketones (excluding diaryl/α,β-unsaturated/α-hetero) is 2. The van der Waals surface area contributed by atoms with E-state index in [1.165, 1.54) is 0 Å². The number of ketones is 2. The first-order valence-electron chi connectivity index (χ1n) is 9.16. The van der Waals surface area contributed by atoms with Gasteiger partial charge in [-0.25, -0.2) is 4.98 Å². The maximum Gasteiger partial charge on any atom is 0.219 e. The summed E-state index contributed by atoms with van der Waals surface area (Å²) in [6.45, 7) is 8.88. The minimum Gasteiger partial charge on any atom is -0.439 e. The first-order chi connectivity index (χ1) is 12.7. The van der Waals surface area contributed by atoms with E-state index in [2.05, 4.69) is 4.98 Å². The van der Waals surface area contributed by atoms with Crippen molar-refractivity contribution in [3.63, 3.8) is 0 Å². The van der Waals surface area contributed by atoms with Gasteiger partial charge in [0.1, 0.15) is 22.9 Å². The minimum atomic E-state index is -1.04. The molecule has 0 spiro atoms. The molecule has 2 heterocycles. The summed E-state index contributed by atoms with van der Waals surface area (Å²) >= 11 is 0. The van der Waals surface area contributed by atoms with Crippen molar-refractivity contribution in [2.75, 3.05) is 0 Å². The molecule has 27 heavy (non-hydrogen) atoms. The summed E-state index contributed by atoms with van der Waals surface area (Å²) in [5, 5.41) is 0. The minimum absolute atomic E-state index is 0.225. The van der Waals surface area contributed by atoms with Crippen molar-refractivity contribution in [3.05, 3.63) is 53.7 Å². The molecule has 2 aromatic rings. The molecule has 1 fully saturated rings. The number of carbonyl (C=O) groups is 2. The molecule has 0 radical (unpaired) electrons. The molecule has 0 bridgehead atoms. The van der Waals surface area contributed by atoms with Crippen molar-refractivity contribution in [1.29, 1.82) is 0 Å². The number of aryl methyl sites for hydroxylation is 1. The Bertz CT molecular complexity index is 845. The lowest BCUT2D eigenvalue weighted by atomic mass is 9.73. The fraction of sp³-hybridized carbons (Fsp3) is 0.409. The van der Waals surface area contributed by atoms with Crippen LogP contribution in [0.4, 0.5) is 0 Å². The van der Waals surface area contributed by atoms with Crippen LogP contribution in [0.2, 0.25) is 0 Å². The molecule has 0 aliphatic carbocycles. The fourth-order valence-corrected chi connectivity index (χ4v) is 3.59. The van der Waals surface area contributed by atoms with Crippen LogP contribution in [-0.4, -0.2) is 27.8 Å². The predicted molar refractivity (Wildman–Crippen MR) is 102 cm³/mol. The van der Waals surface area contributed by atoms with Crippen molar-refractivity contribution in [2.45, 2.75) is 58.2 Å². The van der Waals surface area contributed by atoms with Crippen LogP contribution in [0.1, 0.15) is 51.7 Å². The molecule has 0 atom stereocenters. The fourth-order valence-electron chi connectivity index (χ4n) is 3.59. The highest BCUT2D eigenvalue weighted by atomic mass is 16.5. The van der Waals surface area contributed by atoms with Crippen molar-refractivity contribution in [2.24, 2.45) is 0 Å². The number of pyridine rings is 1. The normalized spacial score (nSPS) is 19.1. The van der Waals surface area contributed by atoms with Crippen LogP contribution in [0.3, 0.4) is 0 Å². The van der Waals surface area contributed by atoms with Gasteiger partial charge in [-0.2, -0.15) is 0 Å². The Balaban J connectivity index is 2.06. The largest absolute Gasteiger partial charge is 0.439 e. The van der Waals surface area contributed by atoms with E-state index in [4.69, 9.17) is 9.47 Å². The van der Waals surface area contributed by atoms with Gasteiger partial charge in [-0.3, -0.25) is 9.59 Å². The van der Waals surface area contributed by atoms with E-state index in [1.807, 2.05) is 31.2 Å². The third-order valence-electron chi connectivity index (χ3n) is 4.89. The van der Waals surface area contributed by atoms with E-state index in [1.54, 1.807) is 46.0 Å². The van der Waals surface area contributed by atoms with Crippen LogP contribution in [-0.2, 0) is 20.7 Å². The average Bonchev–Trinajstić information content (AvgIpc) is 2.61. The van der Waals surface area contributed by atoms with Crippen LogP contribution in [0.25, 0.3) is 0 Å². The van der Waals surface area contributed by atoms with Crippen molar-refractivity contribution >= 4 is 11.6 Å². The Morgan fingerprint density at radius 1 is 1.04 bits per heavy atom. The number of ether oxygens (including phenoxy) is 2. The molecule has 1 aliphatic heterocycles. The summed E-state index contributed by atoms with van der Waals surface area (Å²) < 4.78 is 11.6. The predicted octanol–water partition coefficient (Wildman–Crippen LogP) is 4.25. The number of rotatable bonds is 4. The molecule has 0 amide bonds. The van der Waals surface area contributed by atoms with Gasteiger partial charge in [-0.1, -0.05) is 19.1 Å². The van der Waals surface area contributed by atoms with Gasteiger partial charge in [0.05, 0.1) is 0 Å². The molecule has 0 unspecified atom stereocenters. The summed E-state index contributed by atoms with van der Waals surface area (Å²) in [6, 6.07) is 10.9. The second-order valence-electron chi connectivity index (χ2n) is 7.77. The smallest absolute Gasteiger partial charge is 0.219 e. The van der Waals surface area contributed by atoms with Gasteiger partial charge in [0.15, 0.2) is 11.6 Å². The Hall–Kier alpha value is -2.53. The highest BCUT2D eigenvalue weighted by molar-refractivity contribution is 6.15. The molecule has 0 N–H and O–H groups in total. The lowest BCUT2D eigenvalue weighted by molar-refractivity contribution is -0.184. The van der Waals surface area contributed by atoms with Crippen LogP contribution >= 0.6 is 0 Å². The molecule has 1 aromatic heterocycles. The highest BCUT2D eigenvalue weighted by Crippen LogP contribution is 2.40. The van der Waals surface area contributed by atoms with Gasteiger partial charge in [-0.05, 0) is 63.4 Å². The molecule has 3 rings (SSSR count). The maximum absolute atomic E-state index is 13.1. The number of nitrogens with zero attached hydrogens (tertiary/aromatic N) is 1. The number of hydrogen-bond donors (Lipinski definition) is 0. The third kappa shape index (κ3) is 3.65. The Morgan fingerprint density at radius 2 is 1.70 bits per heavy atom. The van der Waals surface area contributed by atoms with Crippen LogP contribution in [0, 0.1) is 0 Å². The number of aromatic nitrogens is 1. The second-order valence-corrected chi connectivity index (χ2v) is 7.77. The van der Waals surface area contributed by atoms with Gasteiger partial charge < -0.3 is 9.47 Å². The van der Waals surface area contributed by atoms with Gasteiger partial charge in [-0.15, -0.1) is 0 Å². The lowest BCUT2D eigenvalue weighted by Crippen LogP contribution is -2.58. The summed E-state index contributed by atoms with van der Waals surface area (Å²) in [6.07, 6.45) is 2.35. The summed E-state index contributed by atoms with van der Waals surface area (Å²) in [5.74, 6) is -0.319. The topological polar surface area (TPSA) is 65.5 Å². The van der Waals surface area contributed by atoms with Crippen LogP contribution in [0.15, 0.2) is 42.6 Å². The summed E-state index contributed by atoms with van der Waals surface area (Å²) in [7, 11) is 0. The summed E-state index contributed by atoms with van der Waals surface area (Å²) in [5.41, 5.74) is -0.440. The Morgan fingerprint density at radius 3 is 2.26 bits per heavy atom. The van der Waals surface area contributed by atoms with E-state index >= 15 is 0 Å². The van der Waals surface area contributed by atoms with E-state index < -0.39 is 17.1 Å². The maximum atomic E-state index is 13.1. The standard InChI is InChI=1S/C22H25NO4/c1-6-14-10-11-15(26-17-9-7-8-12-23-17)13-16(14)18-19(24)21(2,3)27-22(4,5)20(18)25/h7-13,18H,6H2,1-5H3. The van der Waals surface area contributed by atoms with Crippen molar-refractivity contribution < 1.29 is 19.1 Å². The number of benzene rings is 1. The highest BCUT2D eigenvalue weighted by Gasteiger charge is 2.53. The zero-order chi connectivity index (χ0) is 19.8. The monoisotopic (exact) mass is 367 g/mol. The molecular weight excluding hydrogens is 342 g/mol. The van der Waals surface area contributed by atoms with E-state index in [-0.39, 0.29) is 11.6 Å².